The molecule has 1 aliphatic heterocycles. The fourth-order valence-corrected chi connectivity index (χ4v) is 3.68. The van der Waals surface area contributed by atoms with Crippen molar-refractivity contribution in [3.63, 3.8) is 0 Å². The fourth-order valence-electron chi connectivity index (χ4n) is 3.68. The molecule has 4 rings (SSSR count). The van der Waals surface area contributed by atoms with Crippen LogP contribution in [0.1, 0.15) is 16.7 Å². The van der Waals surface area contributed by atoms with Crippen LogP contribution < -0.4 is 5.32 Å². The van der Waals surface area contributed by atoms with E-state index >= 15 is 0 Å². The van der Waals surface area contributed by atoms with Crippen molar-refractivity contribution in [2.75, 3.05) is 13.1 Å². The van der Waals surface area contributed by atoms with Crippen LogP contribution in [0.5, 0.6) is 0 Å². The zero-order chi connectivity index (χ0) is 20.4. The minimum absolute atomic E-state index is 0.0801. The number of rotatable bonds is 9. The molecule has 3 aromatic carbocycles. The van der Waals surface area contributed by atoms with E-state index < -0.39 is 0 Å². The Balaban J connectivity index is 1.42. The van der Waals surface area contributed by atoms with Gasteiger partial charge >= 0.3 is 0 Å². The highest BCUT2D eigenvalue weighted by Crippen LogP contribution is 2.20. The number of hydrogen-bond acceptors (Lipinski definition) is 4. The molecule has 3 aromatic rings. The summed E-state index contributed by atoms with van der Waals surface area (Å²) in [7, 11) is 0. The zero-order valence-corrected chi connectivity index (χ0v) is 17.2. The van der Waals surface area contributed by atoms with Crippen LogP contribution in [0.2, 0.25) is 0 Å². The van der Waals surface area contributed by atoms with Gasteiger partial charge in [-0.25, -0.2) is 0 Å². The molecule has 1 saturated heterocycles. The van der Waals surface area contributed by atoms with Crippen molar-refractivity contribution in [1.29, 1.82) is 0 Å². The lowest BCUT2D eigenvalue weighted by atomic mass is 10.0. The molecule has 4 heteroatoms. The summed E-state index contributed by atoms with van der Waals surface area (Å²) in [6.07, 6.45) is -0.300. The number of piperidine rings is 1. The van der Waals surface area contributed by atoms with Gasteiger partial charge in [0.05, 0.1) is 32.0 Å². The first-order chi connectivity index (χ1) is 14.9. The standard InChI is InChI=1S/C26H29NO3/c1-4-10-21(11-5-1)18-28-24-16-27-17-25(29-19-22-12-6-2-7-13-22)26(24)30-20-23-14-8-3-9-15-23/h1-15,24-27H,16-20H2. The van der Waals surface area contributed by atoms with Crippen LogP contribution in [-0.2, 0) is 34.0 Å². The van der Waals surface area contributed by atoms with Gasteiger partial charge < -0.3 is 19.5 Å². The summed E-state index contributed by atoms with van der Waals surface area (Å²) >= 11 is 0. The average Bonchev–Trinajstić information content (AvgIpc) is 2.82. The molecule has 1 fully saturated rings. The highest BCUT2D eigenvalue weighted by molar-refractivity contribution is 5.15. The number of nitrogens with one attached hydrogen (secondary N) is 1. The van der Waals surface area contributed by atoms with Crippen LogP contribution in [0.15, 0.2) is 91.0 Å². The summed E-state index contributed by atoms with van der Waals surface area (Å²) < 4.78 is 19.0. The predicted octanol–water partition coefficient (Wildman–Crippen LogP) is 4.35. The van der Waals surface area contributed by atoms with Crippen molar-refractivity contribution in [2.24, 2.45) is 0 Å². The van der Waals surface area contributed by atoms with E-state index in [1.807, 2.05) is 54.6 Å². The van der Waals surface area contributed by atoms with Crippen LogP contribution in [0, 0.1) is 0 Å². The predicted molar refractivity (Wildman–Crippen MR) is 118 cm³/mol. The van der Waals surface area contributed by atoms with Gasteiger partial charge in [-0.1, -0.05) is 91.0 Å². The molecule has 0 radical (unpaired) electrons. The van der Waals surface area contributed by atoms with Crippen LogP contribution in [0.3, 0.4) is 0 Å². The van der Waals surface area contributed by atoms with Gasteiger partial charge in [0.15, 0.2) is 0 Å². The third-order valence-corrected chi connectivity index (χ3v) is 5.32. The van der Waals surface area contributed by atoms with Gasteiger partial charge in [0.25, 0.3) is 0 Å². The first-order valence-electron chi connectivity index (χ1n) is 10.6. The topological polar surface area (TPSA) is 39.7 Å². The van der Waals surface area contributed by atoms with Crippen molar-refractivity contribution < 1.29 is 14.2 Å². The number of hydrogen-bond donors (Lipinski definition) is 1. The Morgan fingerprint density at radius 3 is 1.30 bits per heavy atom. The fraction of sp³-hybridized carbons (Fsp3) is 0.308. The average molecular weight is 404 g/mol. The highest BCUT2D eigenvalue weighted by atomic mass is 16.6. The largest absolute Gasteiger partial charge is 0.369 e. The molecular weight excluding hydrogens is 374 g/mol. The summed E-state index contributed by atoms with van der Waals surface area (Å²) in [6, 6.07) is 30.8. The molecule has 0 saturated carbocycles. The Hall–Kier alpha value is -2.50. The summed E-state index contributed by atoms with van der Waals surface area (Å²) in [5, 5.41) is 3.46. The van der Waals surface area contributed by atoms with Crippen molar-refractivity contribution in [3.05, 3.63) is 108 Å². The van der Waals surface area contributed by atoms with E-state index in [1.54, 1.807) is 0 Å². The van der Waals surface area contributed by atoms with E-state index in [0.29, 0.717) is 19.8 Å². The van der Waals surface area contributed by atoms with Crippen LogP contribution >= 0.6 is 0 Å². The van der Waals surface area contributed by atoms with Gasteiger partial charge in [-0.15, -0.1) is 0 Å². The summed E-state index contributed by atoms with van der Waals surface area (Å²) in [4.78, 5) is 0. The third kappa shape index (κ3) is 6.00. The summed E-state index contributed by atoms with van der Waals surface area (Å²) in [5.41, 5.74) is 3.47. The Kier molecular flexibility index (Phi) is 7.64. The lowest BCUT2D eigenvalue weighted by Crippen LogP contribution is -2.56. The minimum Gasteiger partial charge on any atom is -0.369 e. The smallest absolute Gasteiger partial charge is 0.113 e. The lowest BCUT2D eigenvalue weighted by molar-refractivity contribution is -0.162. The monoisotopic (exact) mass is 403 g/mol. The van der Waals surface area contributed by atoms with E-state index in [1.165, 1.54) is 0 Å². The summed E-state index contributed by atoms with van der Waals surface area (Å²) in [6.45, 7) is 3.16. The molecule has 0 spiro atoms. The Morgan fingerprint density at radius 2 is 0.900 bits per heavy atom. The van der Waals surface area contributed by atoms with Gasteiger partial charge in [-0.2, -0.15) is 0 Å². The molecule has 0 amide bonds. The second-order valence-electron chi connectivity index (χ2n) is 7.59. The number of ether oxygens (including phenoxy) is 3. The molecule has 2 atom stereocenters. The van der Waals surface area contributed by atoms with Crippen LogP contribution in [0.4, 0.5) is 0 Å². The first-order valence-corrected chi connectivity index (χ1v) is 10.6. The van der Waals surface area contributed by atoms with Gasteiger partial charge in [0.1, 0.15) is 6.10 Å². The number of benzene rings is 3. The maximum absolute atomic E-state index is 6.38. The SMILES string of the molecule is c1ccc(COC2CNCC(OCc3ccccc3)C2OCc2ccccc2)cc1. The molecule has 0 bridgehead atoms. The Labute approximate surface area is 178 Å². The molecule has 1 N–H and O–H groups in total. The maximum Gasteiger partial charge on any atom is 0.113 e. The first kappa shape index (κ1) is 20.8. The molecule has 0 aliphatic carbocycles. The van der Waals surface area contributed by atoms with Gasteiger partial charge in [0, 0.05) is 13.1 Å². The quantitative estimate of drug-likeness (QED) is 0.577. The highest BCUT2D eigenvalue weighted by Gasteiger charge is 2.35. The third-order valence-electron chi connectivity index (χ3n) is 5.32. The van der Waals surface area contributed by atoms with Gasteiger partial charge in [-0.3, -0.25) is 0 Å². The molecule has 156 valence electrons. The lowest BCUT2D eigenvalue weighted by Gasteiger charge is -2.38. The van der Waals surface area contributed by atoms with E-state index in [4.69, 9.17) is 14.2 Å². The molecule has 1 heterocycles. The maximum atomic E-state index is 6.38. The molecular formula is C26H29NO3. The minimum atomic E-state index is -0.140. The van der Waals surface area contributed by atoms with Crippen LogP contribution in [0.25, 0.3) is 0 Å². The van der Waals surface area contributed by atoms with Crippen molar-refractivity contribution in [3.8, 4) is 0 Å². The molecule has 1 aliphatic rings. The summed E-state index contributed by atoms with van der Waals surface area (Å²) in [5.74, 6) is 0. The van der Waals surface area contributed by atoms with E-state index in [2.05, 4.69) is 41.7 Å². The van der Waals surface area contributed by atoms with Crippen LogP contribution in [-0.4, -0.2) is 31.4 Å². The van der Waals surface area contributed by atoms with Gasteiger partial charge in [0.2, 0.25) is 0 Å². The van der Waals surface area contributed by atoms with E-state index in [9.17, 15) is 0 Å². The normalized spacial score (nSPS) is 21.4. The second-order valence-corrected chi connectivity index (χ2v) is 7.59. The molecule has 30 heavy (non-hydrogen) atoms. The van der Waals surface area contributed by atoms with E-state index in [-0.39, 0.29) is 18.3 Å². The Morgan fingerprint density at radius 1 is 0.533 bits per heavy atom. The van der Waals surface area contributed by atoms with Crippen molar-refractivity contribution in [2.45, 2.75) is 38.1 Å². The Bertz CT molecular complexity index is 806. The molecule has 2 unspecified atom stereocenters. The van der Waals surface area contributed by atoms with Crippen molar-refractivity contribution in [1.82, 2.24) is 5.32 Å². The zero-order valence-electron chi connectivity index (χ0n) is 17.2. The molecule has 4 nitrogen and oxygen atoms in total. The van der Waals surface area contributed by atoms with E-state index in [0.717, 1.165) is 29.8 Å². The second kappa shape index (κ2) is 11.0. The van der Waals surface area contributed by atoms with Gasteiger partial charge in [-0.05, 0) is 16.7 Å². The molecule has 0 aromatic heterocycles. The van der Waals surface area contributed by atoms with Crippen molar-refractivity contribution >= 4 is 0 Å².